The summed E-state index contributed by atoms with van der Waals surface area (Å²) < 4.78 is 13.6. The van der Waals surface area contributed by atoms with Crippen LogP contribution in [0, 0.1) is 45.3 Å². The minimum atomic E-state index is 0.594. The average Bonchev–Trinajstić information content (AvgIpc) is 4.02. The molecular formula is C40H16N4O2S6. The Bertz CT molecular complexity index is 2740. The van der Waals surface area contributed by atoms with Crippen molar-refractivity contribution in [2.24, 2.45) is 0 Å². The Hall–Kier alpha value is -5.80. The predicted octanol–water partition coefficient (Wildman–Crippen LogP) is 8.03. The van der Waals surface area contributed by atoms with Crippen LogP contribution in [-0.4, -0.2) is 0 Å². The fourth-order valence-corrected chi connectivity index (χ4v) is 12.0. The molecule has 0 saturated carbocycles. The summed E-state index contributed by atoms with van der Waals surface area (Å²) in [5, 5.41) is 38.9. The summed E-state index contributed by atoms with van der Waals surface area (Å²) in [6.45, 7) is 0. The maximum Gasteiger partial charge on any atom is 0.137 e. The molecule has 6 nitrogen and oxygen atoms in total. The van der Waals surface area contributed by atoms with Crippen molar-refractivity contribution in [3.8, 4) is 24.3 Å². The van der Waals surface area contributed by atoms with Gasteiger partial charge in [0.05, 0.1) is 22.3 Å². The van der Waals surface area contributed by atoms with E-state index in [4.69, 9.17) is 8.83 Å². The lowest BCUT2D eigenvalue weighted by Gasteiger charge is -2.04. The lowest BCUT2D eigenvalue weighted by atomic mass is 10.1. The largest absolute Gasteiger partial charge is 0.456 e. The first kappa shape index (κ1) is 32.1. The molecule has 244 valence electrons. The van der Waals surface area contributed by atoms with E-state index in [1.807, 2.05) is 72.8 Å². The van der Waals surface area contributed by atoms with Gasteiger partial charge in [0.15, 0.2) is 0 Å². The fourth-order valence-electron chi connectivity index (χ4n) is 6.01. The quantitative estimate of drug-likeness (QED) is 0.179. The molecule has 12 heteroatoms. The molecule has 8 aromatic heterocycles. The first-order chi connectivity index (χ1) is 25.5. The van der Waals surface area contributed by atoms with Gasteiger partial charge in [0, 0.05) is 39.0 Å². The van der Waals surface area contributed by atoms with Crippen LogP contribution in [0.15, 0.2) is 106 Å². The molecule has 0 spiro atoms. The Balaban J connectivity index is 1.43. The van der Waals surface area contributed by atoms with E-state index in [0.29, 0.717) is 41.2 Å². The van der Waals surface area contributed by atoms with Gasteiger partial charge in [0.2, 0.25) is 0 Å². The van der Waals surface area contributed by atoms with E-state index < -0.39 is 0 Å². The molecule has 0 saturated heterocycles. The number of hydrogen-bond donors (Lipinski definition) is 0. The van der Waals surface area contributed by atoms with Crippen LogP contribution in [0.2, 0.25) is 0 Å². The Morgan fingerprint density at radius 3 is 0.712 bits per heavy atom. The van der Waals surface area contributed by atoms with Crippen LogP contribution in [0.3, 0.4) is 0 Å². The zero-order chi connectivity index (χ0) is 35.3. The van der Waals surface area contributed by atoms with Crippen LogP contribution in [0.5, 0.6) is 0 Å². The maximum absolute atomic E-state index is 9.72. The number of rotatable bonds is 4. The van der Waals surface area contributed by atoms with Crippen molar-refractivity contribution in [1.29, 1.82) is 21.0 Å². The van der Waals surface area contributed by atoms with Crippen molar-refractivity contribution >= 4 is 90.3 Å². The molecule has 8 aromatic rings. The molecule has 0 atom stereocenters. The summed E-state index contributed by atoms with van der Waals surface area (Å²) >= 11 is 8.79. The normalized spacial score (nSPS) is 16.5. The topological polar surface area (TPSA) is 121 Å². The van der Waals surface area contributed by atoms with Gasteiger partial charge in [-0.2, -0.15) is 21.0 Å². The van der Waals surface area contributed by atoms with Gasteiger partial charge in [0.25, 0.3) is 0 Å². The third-order valence-electron chi connectivity index (χ3n) is 8.25. The summed E-state index contributed by atoms with van der Waals surface area (Å²) in [6, 6.07) is 40.3. The minimum Gasteiger partial charge on any atom is -0.456 e. The zero-order valence-electron chi connectivity index (χ0n) is 26.3. The Morgan fingerprint density at radius 1 is 0.288 bits per heavy atom. The minimum absolute atomic E-state index is 0.594. The molecule has 0 radical (unpaired) electrons. The molecule has 0 unspecified atom stereocenters. The molecule has 1 aliphatic heterocycles. The Kier molecular flexibility index (Phi) is 8.08. The Morgan fingerprint density at radius 2 is 0.500 bits per heavy atom. The molecule has 0 aromatic carbocycles. The monoisotopic (exact) mass is 776 g/mol. The summed E-state index contributed by atoms with van der Waals surface area (Å²) in [5.41, 5.74) is 6.03. The first-order valence-electron chi connectivity index (χ1n) is 15.4. The van der Waals surface area contributed by atoms with Gasteiger partial charge in [-0.1, -0.05) is 0 Å². The van der Waals surface area contributed by atoms with E-state index in [9.17, 15) is 21.0 Å². The second kappa shape index (κ2) is 13.1. The van der Waals surface area contributed by atoms with Gasteiger partial charge < -0.3 is 8.83 Å². The number of nitrogens with zero attached hydrogens (tertiary/aromatic N) is 4. The van der Waals surface area contributed by atoms with Gasteiger partial charge >= 0.3 is 0 Å². The third kappa shape index (κ3) is 5.52. The lowest BCUT2D eigenvalue weighted by molar-refractivity contribution is 0.498. The third-order valence-corrected chi connectivity index (χ3v) is 14.5. The van der Waals surface area contributed by atoms with Crippen molar-refractivity contribution in [3.63, 3.8) is 0 Å². The van der Waals surface area contributed by atoms with E-state index in [-0.39, 0.29) is 0 Å². The number of nitriles is 4. The number of furan rings is 2. The van der Waals surface area contributed by atoms with Crippen molar-refractivity contribution in [1.82, 2.24) is 0 Å². The number of fused-ring (bicyclic) bond motifs is 8. The highest BCUT2D eigenvalue weighted by atomic mass is 32.1. The van der Waals surface area contributed by atoms with Crippen molar-refractivity contribution in [2.45, 2.75) is 0 Å². The van der Waals surface area contributed by atoms with Gasteiger partial charge in [0.1, 0.15) is 65.4 Å². The standard InChI is InChI=1S/C40H16N4O2S6/c41-17-21-1-9-29(47-21)37-25-5-6-26(45-25)38(30-10-2-22(18-42)48-30)35-15-16-36(52-35)40(32-12-4-24(20-44)50-32)28-8-7-27(46-28)39(34-14-13-33(37)51-34)31-11-3-23(19-43)49-31/h1-16H/b37-25-,37-33?,38-26-,38-35?,39-27-,39-34?,40-28-,40-36?. The molecule has 8 bridgehead atoms. The second-order valence-electron chi connectivity index (χ2n) is 11.3. The summed E-state index contributed by atoms with van der Waals surface area (Å²) in [4.78, 5) is 9.71. The van der Waals surface area contributed by atoms with Crippen LogP contribution in [0.1, 0.15) is 58.5 Å². The zero-order valence-corrected chi connectivity index (χ0v) is 31.2. The lowest BCUT2D eigenvalue weighted by Crippen LogP contribution is -2.09. The highest BCUT2D eigenvalue weighted by Gasteiger charge is 2.22. The fraction of sp³-hybridized carbons (Fsp3) is 0. The highest BCUT2D eigenvalue weighted by Crippen LogP contribution is 2.39. The molecule has 1 aliphatic rings. The van der Waals surface area contributed by atoms with E-state index >= 15 is 0 Å². The first-order valence-corrected chi connectivity index (χ1v) is 20.3. The predicted molar refractivity (Wildman–Crippen MR) is 207 cm³/mol. The van der Waals surface area contributed by atoms with E-state index in [0.717, 1.165) is 61.3 Å². The summed E-state index contributed by atoms with van der Waals surface area (Å²) in [6.07, 6.45) is 0. The van der Waals surface area contributed by atoms with Crippen LogP contribution < -0.4 is 21.7 Å². The van der Waals surface area contributed by atoms with Crippen molar-refractivity contribution in [3.05, 3.63) is 177 Å². The van der Waals surface area contributed by atoms with Crippen LogP contribution in [0.25, 0.3) is 22.3 Å². The molecule has 0 fully saturated rings. The van der Waals surface area contributed by atoms with E-state index in [2.05, 4.69) is 48.5 Å². The molecule has 52 heavy (non-hydrogen) atoms. The smallest absolute Gasteiger partial charge is 0.137 e. The van der Waals surface area contributed by atoms with Crippen LogP contribution in [0.4, 0.5) is 0 Å². The number of hydrogen-bond acceptors (Lipinski definition) is 12. The molecule has 0 N–H and O–H groups in total. The van der Waals surface area contributed by atoms with Gasteiger partial charge in [-0.25, -0.2) is 0 Å². The molecule has 0 aliphatic carbocycles. The van der Waals surface area contributed by atoms with Crippen LogP contribution in [-0.2, 0) is 0 Å². The van der Waals surface area contributed by atoms with Gasteiger partial charge in [-0.05, 0) is 97.1 Å². The molecule has 0 amide bonds. The number of thiophene rings is 6. The van der Waals surface area contributed by atoms with Crippen molar-refractivity contribution < 1.29 is 8.83 Å². The SMILES string of the molecule is N#Cc1ccc(/C2=c3\cc/c(o3)=C(\c3ccc(C#N)s3)c3ccc(s3)/C(c3ccc(C#N)s3)=c3/cc/c(o3)=C(\c3ccc(C#N)s3)c3ccc2s3)s1. The molecule has 9 rings (SSSR count). The summed E-state index contributed by atoms with van der Waals surface area (Å²) in [7, 11) is 0. The van der Waals surface area contributed by atoms with Gasteiger partial charge in [-0.15, -0.1) is 68.0 Å². The maximum atomic E-state index is 9.72. The van der Waals surface area contributed by atoms with E-state index in [1.165, 1.54) is 45.3 Å². The second-order valence-corrected chi connectivity index (χ2v) is 17.8. The van der Waals surface area contributed by atoms with Crippen molar-refractivity contribution in [2.75, 3.05) is 0 Å². The molecular weight excluding hydrogens is 761 g/mol. The average molecular weight is 777 g/mol. The summed E-state index contributed by atoms with van der Waals surface area (Å²) in [5.74, 6) is 0. The van der Waals surface area contributed by atoms with E-state index in [1.54, 1.807) is 22.7 Å². The Labute approximate surface area is 319 Å². The molecule has 9 heterocycles. The van der Waals surface area contributed by atoms with Gasteiger partial charge in [-0.3, -0.25) is 0 Å². The highest BCUT2D eigenvalue weighted by molar-refractivity contribution is 7.18. The van der Waals surface area contributed by atoms with Crippen LogP contribution >= 0.6 is 68.0 Å².